The van der Waals surface area contributed by atoms with E-state index in [2.05, 4.69) is 0 Å². The summed E-state index contributed by atoms with van der Waals surface area (Å²) in [5, 5.41) is 0. The maximum absolute atomic E-state index is 10.3. The van der Waals surface area contributed by atoms with Crippen molar-refractivity contribution in [3.05, 3.63) is 30.3 Å². The quantitative estimate of drug-likeness (QED) is 0.483. The second-order valence-corrected chi connectivity index (χ2v) is 4.37. The van der Waals surface area contributed by atoms with Crippen LogP contribution in [-0.2, 0) is 10.1 Å². The summed E-state index contributed by atoms with van der Waals surface area (Å²) in [7, 11) is -3.86. The Morgan fingerprint density at radius 2 is 1.80 bits per heavy atom. The fraction of sp³-hybridized carbons (Fsp3) is 0.333. The predicted molar refractivity (Wildman–Crippen MR) is 58.7 cm³/mol. The standard InChI is InChI=1S/C9H12O4S.K/c10-14(11,12)8-4-7-13-9-5-2-1-3-6-9;/h1-3,5-6H,4,7-8H2,(H,10,11,12);. The topological polar surface area (TPSA) is 63.6 Å². The van der Waals surface area contributed by atoms with Crippen molar-refractivity contribution in [1.82, 2.24) is 0 Å². The molecular formula is C9H12KO4S. The SMILES string of the molecule is O=S(=O)(O)CCCOc1ccccc1.[K]. The first-order chi connectivity index (χ1) is 6.58. The maximum atomic E-state index is 10.3. The van der Waals surface area contributed by atoms with E-state index in [1.165, 1.54) is 0 Å². The van der Waals surface area contributed by atoms with Gasteiger partial charge in [0.05, 0.1) is 12.4 Å². The molecule has 79 valence electrons. The fourth-order valence-electron chi connectivity index (χ4n) is 0.948. The molecule has 0 aliphatic heterocycles. The summed E-state index contributed by atoms with van der Waals surface area (Å²) in [5.41, 5.74) is 0. The molecule has 0 unspecified atom stereocenters. The van der Waals surface area contributed by atoms with Crippen LogP contribution >= 0.6 is 0 Å². The molecule has 0 aliphatic rings. The van der Waals surface area contributed by atoms with Crippen LogP contribution in [0.1, 0.15) is 6.42 Å². The molecule has 0 spiro atoms. The molecule has 0 bridgehead atoms. The summed E-state index contributed by atoms with van der Waals surface area (Å²) in [4.78, 5) is 0. The summed E-state index contributed by atoms with van der Waals surface area (Å²) in [6.07, 6.45) is 0.285. The number of ether oxygens (including phenoxy) is 1. The van der Waals surface area contributed by atoms with Crippen molar-refractivity contribution in [2.24, 2.45) is 0 Å². The Labute approximate surface area is 132 Å². The molecule has 6 heteroatoms. The molecule has 1 aromatic carbocycles. The van der Waals surface area contributed by atoms with Gasteiger partial charge in [0.1, 0.15) is 5.75 Å². The van der Waals surface area contributed by atoms with Crippen LogP contribution in [-0.4, -0.2) is 76.7 Å². The summed E-state index contributed by atoms with van der Waals surface area (Å²) >= 11 is 0. The van der Waals surface area contributed by atoms with Crippen molar-refractivity contribution in [3.63, 3.8) is 0 Å². The molecule has 0 heterocycles. The van der Waals surface area contributed by atoms with Crippen LogP contribution in [0.25, 0.3) is 0 Å². The van der Waals surface area contributed by atoms with Gasteiger partial charge in [-0.2, -0.15) is 8.42 Å². The van der Waals surface area contributed by atoms with E-state index in [-0.39, 0.29) is 70.2 Å². The van der Waals surface area contributed by atoms with E-state index in [0.29, 0.717) is 5.75 Å². The minimum atomic E-state index is -3.86. The third-order valence-electron chi connectivity index (χ3n) is 1.56. The van der Waals surface area contributed by atoms with E-state index in [0.717, 1.165) is 0 Å². The minimum absolute atomic E-state index is 0. The molecular weight excluding hydrogens is 243 g/mol. The molecule has 0 amide bonds. The number of benzene rings is 1. The molecule has 15 heavy (non-hydrogen) atoms. The second kappa shape index (κ2) is 7.78. The van der Waals surface area contributed by atoms with Crippen LogP contribution in [0, 0.1) is 0 Å². The number of rotatable bonds is 5. The molecule has 4 nitrogen and oxygen atoms in total. The smallest absolute Gasteiger partial charge is 0.264 e. The van der Waals surface area contributed by atoms with Gasteiger partial charge in [-0.3, -0.25) is 4.55 Å². The van der Waals surface area contributed by atoms with E-state index in [9.17, 15) is 8.42 Å². The monoisotopic (exact) mass is 255 g/mol. The summed E-state index contributed by atoms with van der Waals surface area (Å²) < 4.78 is 34.3. The van der Waals surface area contributed by atoms with E-state index in [1.807, 2.05) is 18.2 Å². The van der Waals surface area contributed by atoms with Gasteiger partial charge in [0.15, 0.2) is 0 Å². The zero-order chi connectivity index (χ0) is 10.4. The Hall–Kier alpha value is 0.566. The van der Waals surface area contributed by atoms with Gasteiger partial charge < -0.3 is 4.74 Å². The largest absolute Gasteiger partial charge is 0.494 e. The van der Waals surface area contributed by atoms with E-state index in [1.54, 1.807) is 12.1 Å². The predicted octanol–water partition coefficient (Wildman–Crippen LogP) is 0.963. The maximum Gasteiger partial charge on any atom is 0.264 e. The average Bonchev–Trinajstić information content (AvgIpc) is 2.13. The molecule has 1 radical (unpaired) electrons. The third kappa shape index (κ3) is 8.38. The Kier molecular flexibility index (Phi) is 8.07. The second-order valence-electron chi connectivity index (χ2n) is 2.80. The first-order valence-electron chi connectivity index (χ1n) is 4.21. The third-order valence-corrected chi connectivity index (χ3v) is 2.36. The first kappa shape index (κ1) is 15.6. The summed E-state index contributed by atoms with van der Waals surface area (Å²) in [6, 6.07) is 9.10. The van der Waals surface area contributed by atoms with E-state index in [4.69, 9.17) is 9.29 Å². The van der Waals surface area contributed by atoms with E-state index < -0.39 is 10.1 Å². The van der Waals surface area contributed by atoms with Crippen molar-refractivity contribution in [3.8, 4) is 5.75 Å². The van der Waals surface area contributed by atoms with Gasteiger partial charge in [-0.15, -0.1) is 0 Å². The van der Waals surface area contributed by atoms with E-state index >= 15 is 0 Å². The molecule has 1 rings (SSSR count). The summed E-state index contributed by atoms with van der Waals surface area (Å²) in [5.74, 6) is 0.433. The van der Waals surface area contributed by atoms with Gasteiger partial charge in [-0.05, 0) is 18.6 Å². The molecule has 0 aromatic heterocycles. The molecule has 0 aliphatic carbocycles. The zero-order valence-electron chi connectivity index (χ0n) is 8.59. The van der Waals surface area contributed by atoms with Gasteiger partial charge in [0.25, 0.3) is 10.1 Å². The van der Waals surface area contributed by atoms with Crippen LogP contribution in [0.2, 0.25) is 0 Å². The van der Waals surface area contributed by atoms with Crippen LogP contribution in [0.3, 0.4) is 0 Å². The van der Waals surface area contributed by atoms with Crippen LogP contribution < -0.4 is 4.74 Å². The number of para-hydroxylation sites is 1. The van der Waals surface area contributed by atoms with Gasteiger partial charge in [0.2, 0.25) is 0 Å². The normalized spacial score (nSPS) is 10.5. The van der Waals surface area contributed by atoms with Gasteiger partial charge >= 0.3 is 0 Å². The molecule has 0 fully saturated rings. The van der Waals surface area contributed by atoms with Crippen molar-refractivity contribution < 1.29 is 17.7 Å². The molecule has 0 saturated carbocycles. The van der Waals surface area contributed by atoms with Crippen molar-refractivity contribution in [2.45, 2.75) is 6.42 Å². The number of hydrogen-bond donors (Lipinski definition) is 1. The summed E-state index contributed by atoms with van der Waals surface area (Å²) in [6.45, 7) is 0.282. The first-order valence-corrected chi connectivity index (χ1v) is 5.82. The van der Waals surface area contributed by atoms with Gasteiger partial charge in [-0.25, -0.2) is 0 Å². The average molecular weight is 255 g/mol. The minimum Gasteiger partial charge on any atom is -0.494 e. The van der Waals surface area contributed by atoms with Crippen molar-refractivity contribution in [2.75, 3.05) is 12.4 Å². The molecule has 0 saturated heterocycles. The molecule has 0 atom stereocenters. The van der Waals surface area contributed by atoms with Crippen molar-refractivity contribution in [1.29, 1.82) is 0 Å². The fourth-order valence-corrected chi connectivity index (χ4v) is 1.43. The Morgan fingerprint density at radius 3 is 2.33 bits per heavy atom. The Balaban J connectivity index is 0.00000196. The Bertz CT molecular complexity index is 363. The van der Waals surface area contributed by atoms with Gasteiger partial charge in [0, 0.05) is 51.4 Å². The zero-order valence-corrected chi connectivity index (χ0v) is 12.5. The van der Waals surface area contributed by atoms with Crippen LogP contribution in [0.15, 0.2) is 30.3 Å². The molecule has 1 aromatic rings. The van der Waals surface area contributed by atoms with Crippen LogP contribution in [0.5, 0.6) is 5.75 Å². The molecule has 1 N–H and O–H groups in total. The van der Waals surface area contributed by atoms with Gasteiger partial charge in [-0.1, -0.05) is 18.2 Å². The van der Waals surface area contributed by atoms with Crippen molar-refractivity contribution >= 4 is 61.5 Å². The Morgan fingerprint density at radius 1 is 1.20 bits per heavy atom. The van der Waals surface area contributed by atoms with Crippen LogP contribution in [0.4, 0.5) is 0 Å². The number of hydrogen-bond acceptors (Lipinski definition) is 3.